The van der Waals surface area contributed by atoms with Gasteiger partial charge in [0.1, 0.15) is 11.6 Å². The summed E-state index contributed by atoms with van der Waals surface area (Å²) in [5, 5.41) is 9.82. The Balaban J connectivity index is 3.27. The minimum absolute atomic E-state index is 0.0750. The number of rotatable bonds is 5. The number of carbonyl (C=O) groups is 1. The predicted molar refractivity (Wildman–Crippen MR) is 75.5 cm³/mol. The predicted octanol–water partition coefficient (Wildman–Crippen LogP) is 3.98. The Morgan fingerprint density at radius 1 is 1.32 bits per heavy atom. The van der Waals surface area contributed by atoms with Crippen molar-refractivity contribution in [1.82, 2.24) is 0 Å². The molecule has 0 amide bonds. The normalized spacial score (nSPS) is 11.5. The van der Waals surface area contributed by atoms with Crippen LogP contribution in [-0.2, 0) is 9.53 Å². The van der Waals surface area contributed by atoms with Crippen molar-refractivity contribution in [1.29, 1.82) is 5.26 Å². The first-order valence-corrected chi connectivity index (χ1v) is 6.58. The summed E-state index contributed by atoms with van der Waals surface area (Å²) in [6.45, 7) is 3.97. The summed E-state index contributed by atoms with van der Waals surface area (Å²) < 4.78 is 4.92. The summed E-state index contributed by atoms with van der Waals surface area (Å²) in [7, 11) is 0. The molecule has 0 heterocycles. The van der Waals surface area contributed by atoms with Crippen LogP contribution in [0.5, 0.6) is 0 Å². The molecule has 0 aromatic heterocycles. The summed E-state index contributed by atoms with van der Waals surface area (Å²) in [5.74, 6) is -0.566. The number of allylic oxidation sites excluding steroid dienone is 1. The molecule has 0 aliphatic carbocycles. The summed E-state index contributed by atoms with van der Waals surface area (Å²) in [6, 6.07) is 9.06. The number of nitrogens with zero attached hydrogens (tertiary/aromatic N) is 1. The second-order valence-electron chi connectivity index (χ2n) is 3.94. The maximum absolute atomic E-state index is 11.8. The molecule has 3 nitrogen and oxygen atoms in total. The van der Waals surface area contributed by atoms with Gasteiger partial charge in [0.05, 0.1) is 6.61 Å². The fourth-order valence-electron chi connectivity index (χ4n) is 1.75. The molecular formula is C15H16ClNO2. The number of hydrogen-bond acceptors (Lipinski definition) is 3. The number of hydrogen-bond donors (Lipinski definition) is 0. The smallest absolute Gasteiger partial charge is 0.349 e. The van der Waals surface area contributed by atoms with Crippen LogP contribution in [0.2, 0.25) is 5.02 Å². The number of halogens is 1. The first-order chi connectivity index (χ1) is 9.13. The van der Waals surface area contributed by atoms with Crippen molar-refractivity contribution < 1.29 is 9.53 Å². The molecule has 1 rings (SSSR count). The highest BCUT2D eigenvalue weighted by atomic mass is 35.5. The van der Waals surface area contributed by atoms with Crippen LogP contribution >= 0.6 is 11.6 Å². The van der Waals surface area contributed by atoms with E-state index in [1.807, 2.05) is 25.1 Å². The fraction of sp³-hybridized carbons (Fsp3) is 0.333. The Bertz CT molecular complexity index is 512. The number of carbonyl (C=O) groups excluding carboxylic acids is 1. The zero-order valence-electron chi connectivity index (χ0n) is 11.1. The zero-order valence-corrected chi connectivity index (χ0v) is 11.8. The van der Waals surface area contributed by atoms with Gasteiger partial charge in [0.25, 0.3) is 0 Å². The first kappa shape index (κ1) is 15.3. The van der Waals surface area contributed by atoms with Gasteiger partial charge in [0.15, 0.2) is 0 Å². The van der Waals surface area contributed by atoms with E-state index in [2.05, 4.69) is 0 Å². The van der Waals surface area contributed by atoms with Crippen molar-refractivity contribution in [3.63, 3.8) is 0 Å². The standard InChI is InChI=1S/C15H16ClNO2/c1-3-5-13(11-6-8-12(16)9-7-11)14(10-17)15(18)19-4-2/h6-9H,3-5H2,1-2H3/b14-13-. The lowest BCUT2D eigenvalue weighted by molar-refractivity contribution is -0.137. The monoisotopic (exact) mass is 277 g/mol. The molecule has 19 heavy (non-hydrogen) atoms. The Labute approximate surface area is 118 Å². The SMILES string of the molecule is CCC/C(=C(\C#N)C(=O)OCC)c1ccc(Cl)cc1. The van der Waals surface area contributed by atoms with Crippen LogP contribution in [0.3, 0.4) is 0 Å². The van der Waals surface area contributed by atoms with Gasteiger partial charge >= 0.3 is 5.97 Å². The lowest BCUT2D eigenvalue weighted by Gasteiger charge is -2.10. The van der Waals surface area contributed by atoms with Crippen molar-refractivity contribution in [2.45, 2.75) is 26.7 Å². The topological polar surface area (TPSA) is 50.1 Å². The largest absolute Gasteiger partial charge is 0.462 e. The van der Waals surface area contributed by atoms with Crippen molar-refractivity contribution in [3.8, 4) is 6.07 Å². The molecule has 0 radical (unpaired) electrons. The third-order valence-corrected chi connectivity index (χ3v) is 2.84. The Morgan fingerprint density at radius 2 is 1.95 bits per heavy atom. The molecule has 0 unspecified atom stereocenters. The molecule has 0 saturated carbocycles. The molecule has 0 saturated heterocycles. The van der Waals surface area contributed by atoms with E-state index < -0.39 is 5.97 Å². The average molecular weight is 278 g/mol. The highest BCUT2D eigenvalue weighted by Gasteiger charge is 2.17. The van der Waals surface area contributed by atoms with Gasteiger partial charge in [-0.05, 0) is 36.6 Å². The first-order valence-electron chi connectivity index (χ1n) is 6.20. The molecule has 0 fully saturated rings. The van der Waals surface area contributed by atoms with Crippen LogP contribution < -0.4 is 0 Å². The van der Waals surface area contributed by atoms with E-state index in [1.165, 1.54) is 0 Å². The van der Waals surface area contributed by atoms with Gasteiger partial charge in [-0.2, -0.15) is 5.26 Å². The number of nitriles is 1. The molecule has 0 bridgehead atoms. The number of ether oxygens (including phenoxy) is 1. The molecule has 1 aromatic carbocycles. The average Bonchev–Trinajstić information content (AvgIpc) is 2.40. The van der Waals surface area contributed by atoms with E-state index in [-0.39, 0.29) is 12.2 Å². The van der Waals surface area contributed by atoms with E-state index in [0.717, 1.165) is 12.0 Å². The molecule has 0 atom stereocenters. The summed E-state index contributed by atoms with van der Waals surface area (Å²) >= 11 is 5.85. The Morgan fingerprint density at radius 3 is 2.42 bits per heavy atom. The van der Waals surface area contributed by atoms with Crippen LogP contribution in [0.1, 0.15) is 32.3 Å². The van der Waals surface area contributed by atoms with Gasteiger partial charge in [0.2, 0.25) is 0 Å². The van der Waals surface area contributed by atoms with Crippen molar-refractivity contribution in [3.05, 3.63) is 40.4 Å². The maximum Gasteiger partial charge on any atom is 0.349 e. The summed E-state index contributed by atoms with van der Waals surface area (Å²) in [4.78, 5) is 11.8. The van der Waals surface area contributed by atoms with Gasteiger partial charge in [-0.1, -0.05) is 37.1 Å². The third-order valence-electron chi connectivity index (χ3n) is 2.59. The number of esters is 1. The highest BCUT2D eigenvalue weighted by Crippen LogP contribution is 2.25. The molecule has 0 aliphatic rings. The van der Waals surface area contributed by atoms with Gasteiger partial charge < -0.3 is 4.74 Å². The van der Waals surface area contributed by atoms with Crippen LogP contribution in [-0.4, -0.2) is 12.6 Å². The summed E-state index contributed by atoms with van der Waals surface area (Å²) in [5.41, 5.74) is 1.61. The van der Waals surface area contributed by atoms with Gasteiger partial charge in [-0.25, -0.2) is 4.79 Å². The number of benzene rings is 1. The highest BCUT2D eigenvalue weighted by molar-refractivity contribution is 6.30. The quantitative estimate of drug-likeness (QED) is 0.465. The third kappa shape index (κ3) is 4.11. The molecule has 0 spiro atoms. The molecule has 4 heteroatoms. The molecule has 0 N–H and O–H groups in total. The van der Waals surface area contributed by atoms with Crippen LogP contribution in [0.4, 0.5) is 0 Å². The van der Waals surface area contributed by atoms with Crippen molar-refractivity contribution >= 4 is 23.1 Å². The molecule has 1 aromatic rings. The van der Waals surface area contributed by atoms with E-state index in [1.54, 1.807) is 19.1 Å². The lowest BCUT2D eigenvalue weighted by atomic mass is 9.96. The Hall–Kier alpha value is -1.79. The van der Waals surface area contributed by atoms with Gasteiger partial charge in [0, 0.05) is 5.02 Å². The van der Waals surface area contributed by atoms with Crippen molar-refractivity contribution in [2.24, 2.45) is 0 Å². The Kier molecular flexibility index (Phi) is 6.11. The second kappa shape index (κ2) is 7.60. The minimum atomic E-state index is -0.566. The van der Waals surface area contributed by atoms with Crippen molar-refractivity contribution in [2.75, 3.05) is 6.61 Å². The maximum atomic E-state index is 11.8. The zero-order chi connectivity index (χ0) is 14.3. The van der Waals surface area contributed by atoms with Crippen LogP contribution in [0.15, 0.2) is 29.8 Å². The molecular weight excluding hydrogens is 262 g/mol. The summed E-state index contributed by atoms with van der Waals surface area (Å²) in [6.07, 6.45) is 1.48. The van der Waals surface area contributed by atoms with Gasteiger partial charge in [-0.15, -0.1) is 0 Å². The minimum Gasteiger partial charge on any atom is -0.462 e. The van der Waals surface area contributed by atoms with E-state index in [0.29, 0.717) is 17.0 Å². The fourth-order valence-corrected chi connectivity index (χ4v) is 1.88. The van der Waals surface area contributed by atoms with Crippen LogP contribution in [0.25, 0.3) is 5.57 Å². The van der Waals surface area contributed by atoms with E-state index in [4.69, 9.17) is 16.3 Å². The van der Waals surface area contributed by atoms with E-state index >= 15 is 0 Å². The lowest BCUT2D eigenvalue weighted by Crippen LogP contribution is -2.09. The van der Waals surface area contributed by atoms with Crippen LogP contribution in [0, 0.1) is 11.3 Å². The van der Waals surface area contributed by atoms with E-state index in [9.17, 15) is 10.1 Å². The second-order valence-corrected chi connectivity index (χ2v) is 4.38. The molecule has 100 valence electrons. The van der Waals surface area contributed by atoms with Gasteiger partial charge in [-0.3, -0.25) is 0 Å². The molecule has 0 aliphatic heterocycles.